The fraction of sp³-hybridized carbons (Fsp3) is 0.136. The second kappa shape index (κ2) is 7.41. The first-order chi connectivity index (χ1) is 13.2. The lowest BCUT2D eigenvalue weighted by Crippen LogP contribution is -2.39. The second-order valence-electron chi connectivity index (χ2n) is 6.21. The molecule has 2 atom stereocenters. The third-order valence-electron chi connectivity index (χ3n) is 4.33. The van der Waals surface area contributed by atoms with E-state index in [9.17, 15) is 9.90 Å². The van der Waals surface area contributed by atoms with E-state index in [0.29, 0.717) is 29.4 Å². The quantitative estimate of drug-likeness (QED) is 0.736. The highest BCUT2D eigenvalue weighted by Gasteiger charge is 2.38. The average Bonchev–Trinajstić information content (AvgIpc) is 2.72. The van der Waals surface area contributed by atoms with Crippen molar-refractivity contribution in [2.45, 2.75) is 18.8 Å². The van der Waals surface area contributed by atoms with E-state index in [4.69, 9.17) is 14.2 Å². The predicted octanol–water partition coefficient (Wildman–Crippen LogP) is 4.23. The summed E-state index contributed by atoms with van der Waals surface area (Å²) in [6.45, 7) is 0.467. The number of carbonyl (C=O) groups is 1. The van der Waals surface area contributed by atoms with Gasteiger partial charge in [0.15, 0.2) is 17.6 Å². The number of carboxylic acid groups (broad SMARTS) is 1. The molecule has 0 saturated heterocycles. The Bertz CT molecular complexity index is 921. The maximum Gasteiger partial charge on any atom is 0.349 e. The van der Waals surface area contributed by atoms with Gasteiger partial charge in [-0.05, 0) is 35.4 Å². The summed E-state index contributed by atoms with van der Waals surface area (Å²) in [5.41, 5.74) is 1.79. The third kappa shape index (κ3) is 3.72. The molecule has 0 fully saturated rings. The van der Waals surface area contributed by atoms with E-state index in [0.717, 1.165) is 5.56 Å². The molecule has 0 aromatic heterocycles. The molecule has 3 aromatic rings. The maximum absolute atomic E-state index is 11.6. The molecule has 2 unspecified atom stereocenters. The van der Waals surface area contributed by atoms with Crippen LogP contribution in [0.5, 0.6) is 17.2 Å². The number of aliphatic carboxylic acids is 1. The lowest BCUT2D eigenvalue weighted by molar-refractivity contribution is -0.151. The van der Waals surface area contributed by atoms with Crippen LogP contribution in [0, 0.1) is 0 Å². The van der Waals surface area contributed by atoms with Crippen molar-refractivity contribution in [1.29, 1.82) is 0 Å². The second-order valence-corrected chi connectivity index (χ2v) is 6.21. The summed E-state index contributed by atoms with van der Waals surface area (Å²) in [5, 5.41) is 9.53. The van der Waals surface area contributed by atoms with Crippen molar-refractivity contribution in [3.05, 3.63) is 90.0 Å². The molecule has 0 amide bonds. The zero-order chi connectivity index (χ0) is 18.6. The minimum absolute atomic E-state index is 0.434. The molecule has 1 aliphatic heterocycles. The van der Waals surface area contributed by atoms with Crippen molar-refractivity contribution in [3.63, 3.8) is 0 Å². The molecular formula is C22H18O5. The number of rotatable bonds is 5. The molecule has 0 saturated carbocycles. The zero-order valence-corrected chi connectivity index (χ0v) is 14.4. The van der Waals surface area contributed by atoms with Crippen LogP contribution in [0.3, 0.4) is 0 Å². The summed E-state index contributed by atoms with van der Waals surface area (Å²) in [6.07, 6.45) is -1.85. The average molecular weight is 362 g/mol. The largest absolute Gasteiger partial charge is 0.489 e. The Balaban J connectivity index is 1.51. The topological polar surface area (TPSA) is 65.0 Å². The van der Waals surface area contributed by atoms with Gasteiger partial charge in [-0.2, -0.15) is 0 Å². The van der Waals surface area contributed by atoms with Crippen LogP contribution in [0.25, 0.3) is 0 Å². The Hall–Kier alpha value is -3.47. The first-order valence-corrected chi connectivity index (χ1v) is 8.62. The first-order valence-electron chi connectivity index (χ1n) is 8.62. The highest BCUT2D eigenvalue weighted by molar-refractivity contribution is 5.75. The Morgan fingerprint density at radius 2 is 1.48 bits per heavy atom. The number of fused-ring (bicyclic) bond motifs is 1. The van der Waals surface area contributed by atoms with Crippen molar-refractivity contribution in [2.75, 3.05) is 0 Å². The van der Waals surface area contributed by atoms with E-state index in [1.54, 1.807) is 42.5 Å². The number of ether oxygens (including phenoxy) is 3. The molecule has 1 N–H and O–H groups in total. The highest BCUT2D eigenvalue weighted by Crippen LogP contribution is 2.39. The molecule has 4 rings (SSSR count). The van der Waals surface area contributed by atoms with Crippen LogP contribution in [0.2, 0.25) is 0 Å². The zero-order valence-electron chi connectivity index (χ0n) is 14.4. The van der Waals surface area contributed by atoms with Crippen LogP contribution < -0.4 is 14.2 Å². The Morgan fingerprint density at radius 3 is 2.15 bits per heavy atom. The SMILES string of the molecule is O=C(O)C1Oc2ccccc2OC1c1ccc(OCc2ccccc2)cc1. The van der Waals surface area contributed by atoms with E-state index in [2.05, 4.69) is 0 Å². The number of para-hydroxylation sites is 2. The van der Waals surface area contributed by atoms with Crippen molar-refractivity contribution < 1.29 is 24.1 Å². The van der Waals surface area contributed by atoms with Crippen molar-refractivity contribution in [2.24, 2.45) is 0 Å². The van der Waals surface area contributed by atoms with Gasteiger partial charge in [-0.25, -0.2) is 4.79 Å². The summed E-state index contributed by atoms with van der Waals surface area (Å²) in [5.74, 6) is 0.596. The predicted molar refractivity (Wildman–Crippen MR) is 99.1 cm³/mol. The highest BCUT2D eigenvalue weighted by atomic mass is 16.6. The molecule has 0 radical (unpaired) electrons. The normalized spacial score (nSPS) is 17.9. The van der Waals surface area contributed by atoms with E-state index >= 15 is 0 Å². The molecule has 136 valence electrons. The standard InChI is InChI=1S/C22H18O5/c23-22(24)21-20(26-18-8-4-5-9-19(18)27-21)16-10-12-17(13-11-16)25-14-15-6-2-1-3-7-15/h1-13,20-21H,14H2,(H,23,24). The van der Waals surface area contributed by atoms with Crippen LogP contribution >= 0.6 is 0 Å². The van der Waals surface area contributed by atoms with Crippen molar-refractivity contribution in [1.82, 2.24) is 0 Å². The lowest BCUT2D eigenvalue weighted by Gasteiger charge is -2.31. The lowest BCUT2D eigenvalue weighted by atomic mass is 10.0. The number of hydrogen-bond acceptors (Lipinski definition) is 4. The number of hydrogen-bond donors (Lipinski definition) is 1. The van der Waals surface area contributed by atoms with Gasteiger partial charge in [0.2, 0.25) is 6.10 Å². The molecule has 1 aliphatic rings. The smallest absolute Gasteiger partial charge is 0.349 e. The first kappa shape index (κ1) is 17.0. The van der Waals surface area contributed by atoms with Gasteiger partial charge in [-0.15, -0.1) is 0 Å². The van der Waals surface area contributed by atoms with Crippen LogP contribution in [0.4, 0.5) is 0 Å². The van der Waals surface area contributed by atoms with Gasteiger partial charge in [0.25, 0.3) is 0 Å². The molecule has 0 spiro atoms. The van der Waals surface area contributed by atoms with E-state index < -0.39 is 18.2 Å². The van der Waals surface area contributed by atoms with Gasteiger partial charge >= 0.3 is 5.97 Å². The number of benzene rings is 3. The van der Waals surface area contributed by atoms with Gasteiger partial charge in [0, 0.05) is 0 Å². The molecule has 5 heteroatoms. The number of carboxylic acids is 1. The minimum Gasteiger partial charge on any atom is -0.489 e. The van der Waals surface area contributed by atoms with Gasteiger partial charge < -0.3 is 19.3 Å². The Kier molecular flexibility index (Phi) is 4.66. The summed E-state index contributed by atoms with van der Waals surface area (Å²) in [7, 11) is 0. The van der Waals surface area contributed by atoms with Crippen LogP contribution in [0.15, 0.2) is 78.9 Å². The molecule has 5 nitrogen and oxygen atoms in total. The van der Waals surface area contributed by atoms with Gasteiger partial charge in [-0.1, -0.05) is 54.6 Å². The van der Waals surface area contributed by atoms with Gasteiger partial charge in [-0.3, -0.25) is 0 Å². The Morgan fingerprint density at radius 1 is 0.852 bits per heavy atom. The Labute approximate surface area is 156 Å². The molecule has 27 heavy (non-hydrogen) atoms. The monoisotopic (exact) mass is 362 g/mol. The summed E-state index contributed by atoms with van der Waals surface area (Å²) < 4.78 is 17.3. The van der Waals surface area contributed by atoms with E-state index in [-0.39, 0.29) is 0 Å². The van der Waals surface area contributed by atoms with Gasteiger partial charge in [0.05, 0.1) is 0 Å². The maximum atomic E-state index is 11.6. The molecule has 3 aromatic carbocycles. The fourth-order valence-corrected chi connectivity index (χ4v) is 2.96. The summed E-state index contributed by atoms with van der Waals surface area (Å²) in [4.78, 5) is 11.6. The van der Waals surface area contributed by atoms with Gasteiger partial charge in [0.1, 0.15) is 12.4 Å². The summed E-state index contributed by atoms with van der Waals surface area (Å²) >= 11 is 0. The van der Waals surface area contributed by atoms with E-state index in [1.165, 1.54) is 0 Å². The van der Waals surface area contributed by atoms with E-state index in [1.807, 2.05) is 36.4 Å². The third-order valence-corrected chi connectivity index (χ3v) is 4.33. The molecule has 0 aliphatic carbocycles. The van der Waals surface area contributed by atoms with Crippen molar-refractivity contribution in [3.8, 4) is 17.2 Å². The molecular weight excluding hydrogens is 344 g/mol. The van der Waals surface area contributed by atoms with Crippen LogP contribution in [-0.2, 0) is 11.4 Å². The minimum atomic E-state index is -1.11. The molecule has 0 bridgehead atoms. The van der Waals surface area contributed by atoms with Crippen LogP contribution in [-0.4, -0.2) is 17.2 Å². The van der Waals surface area contributed by atoms with Crippen LogP contribution in [0.1, 0.15) is 17.2 Å². The van der Waals surface area contributed by atoms with Crippen molar-refractivity contribution >= 4 is 5.97 Å². The molecule has 1 heterocycles. The fourth-order valence-electron chi connectivity index (χ4n) is 2.96. The summed E-state index contributed by atoms with van der Waals surface area (Å²) in [6, 6.07) is 24.2.